The predicted octanol–water partition coefficient (Wildman–Crippen LogP) is 4.18. The molecule has 74 heavy (non-hydrogen) atoms. The molecule has 8 aliphatic rings. The molecular weight excluding hydrogens is 953 g/mol. The van der Waals surface area contributed by atoms with Gasteiger partial charge < -0.3 is 0 Å². The van der Waals surface area contributed by atoms with Crippen molar-refractivity contribution in [3.63, 3.8) is 0 Å². The molecule has 0 aliphatic heterocycles. The van der Waals surface area contributed by atoms with Gasteiger partial charge in [-0.15, -0.1) is 0 Å². The third-order valence-electron chi connectivity index (χ3n) is 12.9. The number of rotatable bonds is 15. The highest BCUT2D eigenvalue weighted by Gasteiger charge is 2.35. The number of Topliss-reactive ketones (excluding diaryl/α,β-unsaturated/α-hetero) is 8. The first-order valence-electron chi connectivity index (χ1n) is 23.0. The van der Waals surface area contributed by atoms with E-state index in [1.807, 2.05) is 0 Å². The maximum atomic E-state index is 13.9. The summed E-state index contributed by atoms with van der Waals surface area (Å²) < 4.78 is 0. The van der Waals surface area contributed by atoms with Crippen LogP contribution in [0.3, 0.4) is 0 Å². The van der Waals surface area contributed by atoms with Crippen LogP contribution >= 0.6 is 0 Å². The van der Waals surface area contributed by atoms with Gasteiger partial charge in [0.25, 0.3) is 0 Å². The zero-order valence-corrected chi connectivity index (χ0v) is 39.4. The first kappa shape index (κ1) is 50.9. The van der Waals surface area contributed by atoms with E-state index in [1.54, 1.807) is 6.92 Å². The Labute approximate surface area is 419 Å². The van der Waals surface area contributed by atoms with Gasteiger partial charge in [-0.05, 0) is 111 Å². The van der Waals surface area contributed by atoms with E-state index in [0.29, 0.717) is 0 Å². The van der Waals surface area contributed by atoms with Gasteiger partial charge in [0.1, 0.15) is 0 Å². The normalized spacial score (nSPS) is 20.8. The molecule has 0 atom stereocenters. The molecule has 0 amide bonds. The van der Waals surface area contributed by atoms with Crippen molar-refractivity contribution < 1.29 is 76.7 Å². The van der Waals surface area contributed by atoms with Gasteiger partial charge in [-0.1, -0.05) is 6.92 Å². The molecule has 16 heteroatoms. The van der Waals surface area contributed by atoms with Crippen molar-refractivity contribution >= 4 is 92.5 Å². The maximum Gasteiger partial charge on any atom is 0.185 e. The number of carbonyl (C=O) groups excluding carboxylic acids is 16. The minimum Gasteiger partial charge on any atom is -0.290 e. The summed E-state index contributed by atoms with van der Waals surface area (Å²) in [6, 6.07) is 0. The second-order valence-electron chi connectivity index (χ2n) is 18.3. The highest BCUT2D eigenvalue weighted by atomic mass is 16.2. The van der Waals surface area contributed by atoms with Crippen molar-refractivity contribution in [2.75, 3.05) is 0 Å². The van der Waals surface area contributed by atoms with Crippen LogP contribution < -0.4 is 0 Å². The van der Waals surface area contributed by atoms with Crippen molar-refractivity contribution in [1.82, 2.24) is 0 Å². The van der Waals surface area contributed by atoms with E-state index >= 15 is 0 Å². The fourth-order valence-electron chi connectivity index (χ4n) is 9.41. The van der Waals surface area contributed by atoms with E-state index in [1.165, 1.54) is 13.0 Å². The first-order valence-corrected chi connectivity index (χ1v) is 23.0. The molecule has 366 valence electrons. The fraction of sp³-hybridized carbons (Fsp3) is 0.172. The monoisotopic (exact) mass is 990 g/mol. The Hall–Kier alpha value is -9.44. The van der Waals surface area contributed by atoms with Crippen LogP contribution in [-0.4, -0.2) is 92.5 Å². The Kier molecular flexibility index (Phi) is 14.0. The molecule has 0 aromatic heterocycles. The van der Waals surface area contributed by atoms with Crippen molar-refractivity contribution in [2.24, 2.45) is 0 Å². The molecule has 0 saturated heterocycles. The molecule has 0 saturated carbocycles. The highest BCUT2D eigenvalue weighted by Crippen LogP contribution is 2.35. The van der Waals surface area contributed by atoms with E-state index in [2.05, 4.69) is 0 Å². The van der Waals surface area contributed by atoms with Crippen molar-refractivity contribution in [3.8, 4) is 0 Å². The van der Waals surface area contributed by atoms with E-state index < -0.39 is 125 Å². The van der Waals surface area contributed by atoms with E-state index in [4.69, 9.17) is 0 Å². The van der Waals surface area contributed by atoms with Gasteiger partial charge in [0.2, 0.25) is 0 Å². The van der Waals surface area contributed by atoms with Gasteiger partial charge in [0.15, 0.2) is 92.5 Å². The Bertz CT molecular complexity index is 3540. The second-order valence-corrected chi connectivity index (χ2v) is 18.3. The quantitative estimate of drug-likeness (QED) is 0.208. The van der Waals surface area contributed by atoms with Crippen LogP contribution in [0.2, 0.25) is 0 Å². The summed E-state index contributed by atoms with van der Waals surface area (Å²) in [6.45, 7) is 3.11. The largest absolute Gasteiger partial charge is 0.290 e. The smallest absolute Gasteiger partial charge is 0.185 e. The molecule has 0 heterocycles. The van der Waals surface area contributed by atoms with Crippen LogP contribution in [0.15, 0.2) is 186 Å². The SMILES string of the molecule is CCC1=CC(=O)C=C(CC2=CC(=O)C=C(CC3=CC(=O)C=C(CC4=CC(=O)C=C(CC5=CC(=O)C=C(CC6=CC(=O)C=C(CC7=CC(=O)C=C(CC8=CC(=O)C=C(C)C8=O)C7=O)C6=O)C5=O)C4=O)C3=O)C2=O)C1=O. The van der Waals surface area contributed by atoms with Crippen molar-refractivity contribution in [2.45, 2.75) is 65.2 Å². The third-order valence-corrected chi connectivity index (χ3v) is 12.9. The molecule has 0 unspecified atom stereocenters. The second kappa shape index (κ2) is 20.4. The number of hydrogen-bond donors (Lipinski definition) is 0. The molecule has 0 aromatic carbocycles. The molecule has 0 radical (unpaired) electrons. The van der Waals surface area contributed by atoms with Crippen LogP contribution in [0, 0.1) is 0 Å². The summed E-state index contributed by atoms with van der Waals surface area (Å²) in [5.74, 6) is -10.6. The van der Waals surface area contributed by atoms with Gasteiger partial charge in [-0.2, -0.15) is 0 Å². The number of ketones is 16. The molecule has 0 bridgehead atoms. The average molecular weight is 991 g/mol. The van der Waals surface area contributed by atoms with Gasteiger partial charge >= 0.3 is 0 Å². The van der Waals surface area contributed by atoms with Gasteiger partial charge in [-0.25, -0.2) is 0 Å². The summed E-state index contributed by atoms with van der Waals surface area (Å²) >= 11 is 0. The Morgan fingerprint density at radius 2 is 0.338 bits per heavy atom. The molecule has 16 nitrogen and oxygen atoms in total. The molecular formula is C58H38O16. The van der Waals surface area contributed by atoms with Crippen molar-refractivity contribution in [1.29, 1.82) is 0 Å². The lowest BCUT2D eigenvalue weighted by Gasteiger charge is -2.21. The number of carbonyl (C=O) groups is 16. The molecule has 8 rings (SSSR count). The van der Waals surface area contributed by atoms with Gasteiger partial charge in [0.05, 0.1) is 0 Å². The first-order chi connectivity index (χ1) is 35.0. The molecule has 0 N–H and O–H groups in total. The number of hydrogen-bond acceptors (Lipinski definition) is 16. The standard InChI is InChI=1S/C58H38O16/c1-3-28-12-44(60)14-30(52(28)68)6-32-16-46(62)18-34(54(32)70)8-36-20-48(64)22-38(56(36)72)10-40-24-50(66)26-42(58(40)74)11-41-25-49(65)23-39(57(41)73)9-37-21-47(63)19-35(55(37)71)7-33-17-45(61)15-31(53(33)69)5-29-13-43(59)4-27(2)51(29)67/h4,12-26H,3,5-11H2,1-2H3. The van der Waals surface area contributed by atoms with Crippen LogP contribution in [0.4, 0.5) is 0 Å². The number of allylic oxidation sites excluding steroid dienone is 32. The minimum absolute atomic E-state index is 0.00869. The summed E-state index contributed by atoms with van der Waals surface area (Å²) in [6.07, 6.45) is 12.9. The Balaban J connectivity index is 0.897. The summed E-state index contributed by atoms with van der Waals surface area (Å²) in [4.78, 5) is 210. The maximum absolute atomic E-state index is 13.9. The molecule has 0 fully saturated rings. The lowest BCUT2D eigenvalue weighted by Crippen LogP contribution is -2.24. The Morgan fingerprint density at radius 1 is 0.203 bits per heavy atom. The molecule has 0 aromatic rings. The van der Waals surface area contributed by atoms with Crippen LogP contribution in [0.1, 0.15) is 65.2 Å². The van der Waals surface area contributed by atoms with Gasteiger partial charge in [0, 0.05) is 134 Å². The van der Waals surface area contributed by atoms with Gasteiger partial charge in [-0.3, -0.25) is 76.7 Å². The van der Waals surface area contributed by atoms with E-state index in [9.17, 15) is 76.7 Å². The molecule has 0 spiro atoms. The topological polar surface area (TPSA) is 273 Å². The minimum atomic E-state index is -0.813. The fourth-order valence-corrected chi connectivity index (χ4v) is 9.41. The summed E-state index contributed by atoms with van der Waals surface area (Å²) in [5, 5.41) is 0. The highest BCUT2D eigenvalue weighted by molar-refractivity contribution is 6.30. The zero-order valence-electron chi connectivity index (χ0n) is 39.4. The van der Waals surface area contributed by atoms with Crippen LogP contribution in [0.25, 0.3) is 0 Å². The van der Waals surface area contributed by atoms with Crippen molar-refractivity contribution in [3.05, 3.63) is 186 Å². The van der Waals surface area contributed by atoms with Crippen LogP contribution in [-0.2, 0) is 76.7 Å². The summed E-state index contributed by atoms with van der Waals surface area (Å²) in [5.41, 5.74) is -2.13. The lowest BCUT2D eigenvalue weighted by atomic mass is 9.80. The zero-order chi connectivity index (χ0) is 53.4. The average Bonchev–Trinajstić information content (AvgIpc) is 3.32. The lowest BCUT2D eigenvalue weighted by molar-refractivity contribution is -0.116. The van der Waals surface area contributed by atoms with E-state index in [-0.39, 0.29) is 108 Å². The van der Waals surface area contributed by atoms with E-state index in [0.717, 1.165) is 91.1 Å². The third kappa shape index (κ3) is 10.7. The Morgan fingerprint density at radius 3 is 0.514 bits per heavy atom. The summed E-state index contributed by atoms with van der Waals surface area (Å²) in [7, 11) is 0. The predicted molar refractivity (Wildman–Crippen MR) is 258 cm³/mol. The van der Waals surface area contributed by atoms with Crippen LogP contribution in [0.5, 0.6) is 0 Å². The molecule has 8 aliphatic carbocycles.